The van der Waals surface area contributed by atoms with Crippen molar-refractivity contribution in [2.45, 2.75) is 19.3 Å². The number of hydrogen-bond donors (Lipinski definition) is 1. The monoisotopic (exact) mass is 295 g/mol. The lowest BCUT2D eigenvalue weighted by atomic mass is 10.0. The van der Waals surface area contributed by atoms with Crippen LogP contribution in [0.5, 0.6) is 0 Å². The maximum atomic E-state index is 12.5. The molecule has 0 radical (unpaired) electrons. The summed E-state index contributed by atoms with van der Waals surface area (Å²) in [5, 5.41) is 2.12. The SMILES string of the molecule is O=C(C[NH2+]CCc1ccccc1)N1CCCc2ccccc21. The number of anilines is 1. The fraction of sp³-hybridized carbons (Fsp3) is 0.316. The minimum absolute atomic E-state index is 0.222. The summed E-state index contributed by atoms with van der Waals surface area (Å²) in [5.41, 5.74) is 3.73. The summed E-state index contributed by atoms with van der Waals surface area (Å²) in [7, 11) is 0. The van der Waals surface area contributed by atoms with Crippen LogP contribution in [-0.4, -0.2) is 25.5 Å². The zero-order chi connectivity index (χ0) is 15.2. The number of rotatable bonds is 5. The Morgan fingerprint density at radius 2 is 1.82 bits per heavy atom. The van der Waals surface area contributed by atoms with Gasteiger partial charge in [-0.05, 0) is 30.0 Å². The second-order valence-electron chi connectivity index (χ2n) is 5.79. The maximum absolute atomic E-state index is 12.5. The van der Waals surface area contributed by atoms with E-state index >= 15 is 0 Å². The van der Waals surface area contributed by atoms with Crippen molar-refractivity contribution >= 4 is 11.6 Å². The normalized spacial score (nSPS) is 13.7. The number of aryl methyl sites for hydroxylation is 1. The van der Waals surface area contributed by atoms with Crippen molar-refractivity contribution in [3.05, 3.63) is 65.7 Å². The van der Waals surface area contributed by atoms with E-state index in [-0.39, 0.29) is 5.91 Å². The number of fused-ring (bicyclic) bond motifs is 1. The molecule has 0 unspecified atom stereocenters. The zero-order valence-corrected chi connectivity index (χ0v) is 12.9. The Kier molecular flexibility index (Phi) is 4.86. The number of carbonyl (C=O) groups is 1. The summed E-state index contributed by atoms with van der Waals surface area (Å²) < 4.78 is 0. The standard InChI is InChI=1S/C19H22N2O/c22-19(15-20-13-12-16-7-2-1-3-8-16)21-14-6-10-17-9-4-5-11-18(17)21/h1-5,7-9,11,20H,6,10,12-15H2/p+1. The highest BCUT2D eigenvalue weighted by molar-refractivity contribution is 5.95. The van der Waals surface area contributed by atoms with Crippen molar-refractivity contribution in [3.63, 3.8) is 0 Å². The number of nitrogens with zero attached hydrogens (tertiary/aromatic N) is 1. The van der Waals surface area contributed by atoms with Gasteiger partial charge < -0.3 is 10.2 Å². The van der Waals surface area contributed by atoms with E-state index in [0.29, 0.717) is 6.54 Å². The van der Waals surface area contributed by atoms with Crippen LogP contribution in [0.4, 0.5) is 5.69 Å². The first-order valence-electron chi connectivity index (χ1n) is 8.08. The van der Waals surface area contributed by atoms with Crippen molar-refractivity contribution in [1.82, 2.24) is 0 Å². The van der Waals surface area contributed by atoms with Gasteiger partial charge in [-0.25, -0.2) is 0 Å². The van der Waals surface area contributed by atoms with Gasteiger partial charge in [0.05, 0.1) is 6.54 Å². The highest BCUT2D eigenvalue weighted by atomic mass is 16.2. The fourth-order valence-corrected chi connectivity index (χ4v) is 3.04. The molecule has 114 valence electrons. The quantitative estimate of drug-likeness (QED) is 0.839. The van der Waals surface area contributed by atoms with Crippen molar-refractivity contribution in [3.8, 4) is 0 Å². The van der Waals surface area contributed by atoms with Crippen molar-refractivity contribution in [2.24, 2.45) is 0 Å². The molecule has 0 saturated heterocycles. The number of nitrogens with two attached hydrogens (primary N) is 1. The molecule has 1 aliphatic rings. The Labute approximate surface area is 132 Å². The van der Waals surface area contributed by atoms with Gasteiger partial charge in [0, 0.05) is 18.7 Å². The van der Waals surface area contributed by atoms with E-state index in [0.717, 1.165) is 38.0 Å². The molecule has 0 fully saturated rings. The molecule has 0 aromatic heterocycles. The summed E-state index contributed by atoms with van der Waals surface area (Å²) in [6.45, 7) is 2.33. The molecule has 22 heavy (non-hydrogen) atoms. The second kappa shape index (κ2) is 7.23. The molecule has 1 amide bonds. The Balaban J connectivity index is 1.51. The predicted molar refractivity (Wildman–Crippen MR) is 88.9 cm³/mol. The van der Waals surface area contributed by atoms with Crippen molar-refractivity contribution in [2.75, 3.05) is 24.5 Å². The minimum Gasteiger partial charge on any atom is -0.338 e. The van der Waals surface area contributed by atoms with E-state index in [2.05, 4.69) is 47.8 Å². The van der Waals surface area contributed by atoms with E-state index in [9.17, 15) is 4.79 Å². The largest absolute Gasteiger partial charge is 0.338 e. The molecule has 3 heteroatoms. The Morgan fingerprint density at radius 1 is 1.05 bits per heavy atom. The summed E-state index contributed by atoms with van der Waals surface area (Å²) >= 11 is 0. The van der Waals surface area contributed by atoms with Gasteiger partial charge >= 0.3 is 0 Å². The van der Waals surface area contributed by atoms with Gasteiger partial charge in [0.25, 0.3) is 5.91 Å². The minimum atomic E-state index is 0.222. The summed E-state index contributed by atoms with van der Waals surface area (Å²) in [6.07, 6.45) is 3.15. The molecule has 0 atom stereocenters. The average Bonchev–Trinajstić information content (AvgIpc) is 2.59. The third-order valence-corrected chi connectivity index (χ3v) is 4.21. The van der Waals surface area contributed by atoms with E-state index in [1.165, 1.54) is 11.1 Å². The van der Waals surface area contributed by atoms with Crippen LogP contribution in [0.3, 0.4) is 0 Å². The lowest BCUT2D eigenvalue weighted by Gasteiger charge is -2.28. The van der Waals surface area contributed by atoms with Gasteiger partial charge in [0.2, 0.25) is 0 Å². The number of carbonyl (C=O) groups excluding carboxylic acids is 1. The first-order chi connectivity index (χ1) is 10.8. The maximum Gasteiger partial charge on any atom is 0.282 e. The molecule has 0 bridgehead atoms. The third-order valence-electron chi connectivity index (χ3n) is 4.21. The van der Waals surface area contributed by atoms with Gasteiger partial charge in [0.1, 0.15) is 0 Å². The van der Waals surface area contributed by atoms with E-state index in [4.69, 9.17) is 0 Å². The second-order valence-corrected chi connectivity index (χ2v) is 5.79. The highest BCUT2D eigenvalue weighted by Crippen LogP contribution is 2.26. The average molecular weight is 295 g/mol. The smallest absolute Gasteiger partial charge is 0.282 e. The van der Waals surface area contributed by atoms with Crippen LogP contribution in [0.2, 0.25) is 0 Å². The predicted octanol–water partition coefficient (Wildman–Crippen LogP) is 1.77. The number of hydrogen-bond acceptors (Lipinski definition) is 1. The van der Waals surface area contributed by atoms with E-state index in [1.807, 2.05) is 17.0 Å². The molecule has 0 spiro atoms. The molecule has 3 nitrogen and oxygen atoms in total. The van der Waals surface area contributed by atoms with Crippen LogP contribution < -0.4 is 10.2 Å². The Bertz CT molecular complexity index is 624. The first kappa shape index (κ1) is 14.8. The van der Waals surface area contributed by atoms with Crippen molar-refractivity contribution in [1.29, 1.82) is 0 Å². The molecular formula is C19H23N2O+. The zero-order valence-electron chi connectivity index (χ0n) is 12.9. The molecule has 2 N–H and O–H groups in total. The van der Waals surface area contributed by atoms with Gasteiger partial charge in [-0.1, -0.05) is 48.5 Å². The van der Waals surface area contributed by atoms with E-state index in [1.54, 1.807) is 0 Å². The van der Waals surface area contributed by atoms with Crippen LogP contribution in [0.15, 0.2) is 54.6 Å². The van der Waals surface area contributed by atoms with Crippen LogP contribution >= 0.6 is 0 Å². The first-order valence-corrected chi connectivity index (χ1v) is 8.08. The number of para-hydroxylation sites is 1. The van der Waals surface area contributed by atoms with Gasteiger partial charge in [-0.3, -0.25) is 4.79 Å². The molecular weight excluding hydrogens is 272 g/mol. The number of amides is 1. The van der Waals surface area contributed by atoms with Crippen LogP contribution in [-0.2, 0) is 17.6 Å². The fourth-order valence-electron chi connectivity index (χ4n) is 3.04. The Hall–Kier alpha value is -2.13. The molecule has 1 heterocycles. The molecule has 0 aliphatic carbocycles. The molecule has 2 aromatic rings. The topological polar surface area (TPSA) is 36.9 Å². The van der Waals surface area contributed by atoms with Crippen LogP contribution in [0.1, 0.15) is 17.5 Å². The summed E-state index contributed by atoms with van der Waals surface area (Å²) in [6, 6.07) is 18.7. The van der Waals surface area contributed by atoms with Gasteiger partial charge in [-0.2, -0.15) is 0 Å². The van der Waals surface area contributed by atoms with Crippen LogP contribution in [0.25, 0.3) is 0 Å². The molecule has 1 aliphatic heterocycles. The Morgan fingerprint density at radius 3 is 2.68 bits per heavy atom. The van der Waals surface area contributed by atoms with Crippen LogP contribution in [0, 0.1) is 0 Å². The lowest BCUT2D eigenvalue weighted by Crippen LogP contribution is -2.87. The summed E-state index contributed by atoms with van der Waals surface area (Å²) in [5.74, 6) is 0.222. The summed E-state index contributed by atoms with van der Waals surface area (Å²) in [4.78, 5) is 14.4. The van der Waals surface area contributed by atoms with Gasteiger partial charge in [0.15, 0.2) is 6.54 Å². The number of benzene rings is 2. The third kappa shape index (κ3) is 3.55. The molecule has 0 saturated carbocycles. The van der Waals surface area contributed by atoms with Gasteiger partial charge in [-0.15, -0.1) is 0 Å². The lowest BCUT2D eigenvalue weighted by molar-refractivity contribution is -0.643. The molecule has 3 rings (SSSR count). The number of quaternary nitrogens is 1. The molecule has 2 aromatic carbocycles. The van der Waals surface area contributed by atoms with Crippen molar-refractivity contribution < 1.29 is 10.1 Å². The van der Waals surface area contributed by atoms with E-state index < -0.39 is 0 Å². The highest BCUT2D eigenvalue weighted by Gasteiger charge is 2.22.